The highest BCUT2D eigenvalue weighted by molar-refractivity contribution is 5.81. The van der Waals surface area contributed by atoms with Gasteiger partial charge in [-0.05, 0) is 50.1 Å². The molecule has 0 bridgehead atoms. The van der Waals surface area contributed by atoms with Gasteiger partial charge in [-0.2, -0.15) is 0 Å². The molecular weight excluding hydrogens is 264 g/mol. The average molecular weight is 286 g/mol. The summed E-state index contributed by atoms with van der Waals surface area (Å²) in [6, 6.07) is 11.7. The summed E-state index contributed by atoms with van der Waals surface area (Å²) in [6.45, 7) is 5.18. The summed E-state index contributed by atoms with van der Waals surface area (Å²) in [5.74, 6) is 0.742. The number of nitrogens with one attached hydrogen (secondary N) is 2. The topological polar surface area (TPSA) is 54.3 Å². The first-order valence-corrected chi connectivity index (χ1v) is 7.25. The number of aryl methyl sites for hydroxylation is 1. The van der Waals surface area contributed by atoms with Gasteiger partial charge in [-0.15, -0.1) is 0 Å². The molecule has 1 atom stereocenters. The molecule has 2 rings (SSSR count). The molecule has 112 valence electrons. The summed E-state index contributed by atoms with van der Waals surface area (Å²) >= 11 is 0. The normalized spacial score (nSPS) is 12.1. The Hall–Kier alpha value is -2.07. The first-order valence-electron chi connectivity index (χ1n) is 7.25. The van der Waals surface area contributed by atoms with Gasteiger partial charge in [0.05, 0.1) is 18.8 Å². The van der Waals surface area contributed by atoms with Gasteiger partial charge in [-0.25, -0.2) is 0 Å². The highest BCUT2D eigenvalue weighted by atomic mass is 16.3. The average Bonchev–Trinajstić information content (AvgIpc) is 3.00. The van der Waals surface area contributed by atoms with E-state index in [2.05, 4.69) is 29.7 Å². The van der Waals surface area contributed by atoms with Crippen LogP contribution < -0.4 is 10.6 Å². The molecule has 0 saturated heterocycles. The fraction of sp³-hybridized carbons (Fsp3) is 0.353. The first kappa shape index (κ1) is 15.3. The summed E-state index contributed by atoms with van der Waals surface area (Å²) in [7, 11) is 0. The fourth-order valence-corrected chi connectivity index (χ4v) is 2.15. The Balaban J connectivity index is 1.70. The van der Waals surface area contributed by atoms with Crippen LogP contribution in [0.4, 0.5) is 0 Å². The number of hydrogen-bond acceptors (Lipinski definition) is 3. The summed E-state index contributed by atoms with van der Waals surface area (Å²) in [5.41, 5.74) is 2.60. The maximum atomic E-state index is 11.9. The molecule has 2 N–H and O–H groups in total. The third kappa shape index (κ3) is 4.76. The molecule has 1 unspecified atom stereocenters. The number of amides is 1. The van der Waals surface area contributed by atoms with Crippen LogP contribution in [0.1, 0.15) is 23.8 Å². The number of rotatable bonds is 7. The second-order valence-electron chi connectivity index (χ2n) is 5.15. The van der Waals surface area contributed by atoms with E-state index in [-0.39, 0.29) is 11.9 Å². The van der Waals surface area contributed by atoms with Crippen molar-refractivity contribution >= 4 is 5.91 Å². The van der Waals surface area contributed by atoms with E-state index in [1.807, 2.05) is 31.2 Å². The standard InChI is InChI=1S/C17H22N2O2/c1-13-6-3-4-7-15(13)9-10-18-14(2)17(20)19-12-16-8-5-11-21-16/h3-8,11,14,18H,9-10,12H2,1-2H3,(H,19,20). The van der Waals surface area contributed by atoms with Gasteiger partial charge in [0.15, 0.2) is 0 Å². The second kappa shape index (κ2) is 7.64. The zero-order valence-electron chi connectivity index (χ0n) is 12.6. The molecule has 1 aromatic carbocycles. The van der Waals surface area contributed by atoms with Crippen LogP contribution in [-0.4, -0.2) is 18.5 Å². The van der Waals surface area contributed by atoms with Gasteiger partial charge in [-0.3, -0.25) is 4.79 Å². The molecule has 4 nitrogen and oxygen atoms in total. The van der Waals surface area contributed by atoms with Crippen molar-refractivity contribution in [2.75, 3.05) is 6.54 Å². The van der Waals surface area contributed by atoms with Gasteiger partial charge < -0.3 is 15.1 Å². The molecule has 1 aromatic heterocycles. The highest BCUT2D eigenvalue weighted by Gasteiger charge is 2.12. The Morgan fingerprint density at radius 1 is 1.24 bits per heavy atom. The van der Waals surface area contributed by atoms with Crippen LogP contribution in [0.5, 0.6) is 0 Å². The highest BCUT2D eigenvalue weighted by Crippen LogP contribution is 2.07. The summed E-state index contributed by atoms with van der Waals surface area (Å²) in [4.78, 5) is 11.9. The minimum absolute atomic E-state index is 0.0174. The molecule has 0 aliphatic rings. The summed E-state index contributed by atoms with van der Waals surface area (Å²) in [6.07, 6.45) is 2.52. The van der Waals surface area contributed by atoms with Crippen molar-refractivity contribution in [1.82, 2.24) is 10.6 Å². The second-order valence-corrected chi connectivity index (χ2v) is 5.15. The van der Waals surface area contributed by atoms with E-state index in [0.717, 1.165) is 18.7 Å². The molecule has 0 fully saturated rings. The maximum Gasteiger partial charge on any atom is 0.237 e. The molecule has 1 heterocycles. The lowest BCUT2D eigenvalue weighted by atomic mass is 10.1. The third-order valence-electron chi connectivity index (χ3n) is 3.52. The zero-order chi connectivity index (χ0) is 15.1. The van der Waals surface area contributed by atoms with E-state index in [9.17, 15) is 4.79 Å². The monoisotopic (exact) mass is 286 g/mol. The quantitative estimate of drug-likeness (QED) is 0.822. The summed E-state index contributed by atoms with van der Waals surface area (Å²) in [5, 5.41) is 6.10. The number of benzene rings is 1. The van der Waals surface area contributed by atoms with Gasteiger partial charge in [0, 0.05) is 0 Å². The van der Waals surface area contributed by atoms with Crippen LogP contribution in [-0.2, 0) is 17.8 Å². The molecular formula is C17H22N2O2. The van der Waals surface area contributed by atoms with E-state index in [0.29, 0.717) is 6.54 Å². The number of carbonyl (C=O) groups excluding carboxylic acids is 1. The van der Waals surface area contributed by atoms with E-state index in [4.69, 9.17) is 4.42 Å². The predicted molar refractivity (Wildman–Crippen MR) is 82.9 cm³/mol. The molecule has 0 spiro atoms. The SMILES string of the molecule is Cc1ccccc1CCNC(C)C(=O)NCc1ccco1. The van der Waals surface area contributed by atoms with Crippen LogP contribution in [0.3, 0.4) is 0 Å². The Bertz CT molecular complexity index is 564. The Kier molecular flexibility index (Phi) is 5.58. The number of carbonyl (C=O) groups is 1. The number of hydrogen-bond donors (Lipinski definition) is 2. The van der Waals surface area contributed by atoms with Crippen molar-refractivity contribution in [1.29, 1.82) is 0 Å². The molecule has 0 radical (unpaired) electrons. The van der Waals surface area contributed by atoms with Crippen LogP contribution in [0, 0.1) is 6.92 Å². The molecule has 4 heteroatoms. The van der Waals surface area contributed by atoms with E-state index < -0.39 is 0 Å². The van der Waals surface area contributed by atoms with Crippen molar-refractivity contribution in [2.24, 2.45) is 0 Å². The third-order valence-corrected chi connectivity index (χ3v) is 3.52. The van der Waals surface area contributed by atoms with Crippen LogP contribution >= 0.6 is 0 Å². The van der Waals surface area contributed by atoms with Crippen molar-refractivity contribution in [3.63, 3.8) is 0 Å². The molecule has 21 heavy (non-hydrogen) atoms. The van der Waals surface area contributed by atoms with Crippen LogP contribution in [0.2, 0.25) is 0 Å². The minimum atomic E-state index is -0.219. The van der Waals surface area contributed by atoms with Gasteiger partial charge in [0.25, 0.3) is 0 Å². The predicted octanol–water partition coefficient (Wildman–Crippen LogP) is 2.43. The Morgan fingerprint density at radius 3 is 2.76 bits per heavy atom. The van der Waals surface area contributed by atoms with Crippen molar-refractivity contribution in [2.45, 2.75) is 32.9 Å². The molecule has 0 saturated carbocycles. The summed E-state index contributed by atoms with van der Waals surface area (Å²) < 4.78 is 5.18. The smallest absolute Gasteiger partial charge is 0.237 e. The lowest BCUT2D eigenvalue weighted by molar-refractivity contribution is -0.123. The largest absolute Gasteiger partial charge is 0.467 e. The van der Waals surface area contributed by atoms with E-state index >= 15 is 0 Å². The lowest BCUT2D eigenvalue weighted by Crippen LogP contribution is -2.42. The van der Waals surface area contributed by atoms with Gasteiger partial charge in [0.2, 0.25) is 5.91 Å². The van der Waals surface area contributed by atoms with Crippen LogP contribution in [0.25, 0.3) is 0 Å². The molecule has 2 aromatic rings. The Labute approximate surface area is 125 Å². The number of furan rings is 1. The maximum absolute atomic E-state index is 11.9. The fourth-order valence-electron chi connectivity index (χ4n) is 2.15. The van der Waals surface area contributed by atoms with E-state index in [1.54, 1.807) is 6.26 Å². The van der Waals surface area contributed by atoms with E-state index in [1.165, 1.54) is 11.1 Å². The minimum Gasteiger partial charge on any atom is -0.467 e. The van der Waals surface area contributed by atoms with Crippen molar-refractivity contribution in [3.8, 4) is 0 Å². The zero-order valence-corrected chi connectivity index (χ0v) is 12.6. The van der Waals surface area contributed by atoms with Crippen molar-refractivity contribution in [3.05, 3.63) is 59.5 Å². The van der Waals surface area contributed by atoms with Gasteiger partial charge in [0.1, 0.15) is 5.76 Å². The Morgan fingerprint density at radius 2 is 2.05 bits per heavy atom. The first-order chi connectivity index (χ1) is 10.2. The van der Waals surface area contributed by atoms with Crippen LogP contribution in [0.15, 0.2) is 47.1 Å². The lowest BCUT2D eigenvalue weighted by Gasteiger charge is -2.14. The van der Waals surface area contributed by atoms with Gasteiger partial charge in [-0.1, -0.05) is 24.3 Å². The molecule has 0 aliphatic carbocycles. The molecule has 0 aliphatic heterocycles. The van der Waals surface area contributed by atoms with Crippen molar-refractivity contribution < 1.29 is 9.21 Å². The van der Waals surface area contributed by atoms with Gasteiger partial charge >= 0.3 is 0 Å². The molecule has 1 amide bonds.